The third-order valence-electron chi connectivity index (χ3n) is 5.79. The van der Waals surface area contributed by atoms with Crippen molar-refractivity contribution in [3.63, 3.8) is 0 Å². The molecule has 1 N–H and O–H groups in total. The number of hydrogen-bond acceptors (Lipinski definition) is 5. The first kappa shape index (κ1) is 20.5. The summed E-state index contributed by atoms with van der Waals surface area (Å²) in [5.41, 5.74) is 2.14. The Bertz CT molecular complexity index is 1330. The van der Waals surface area contributed by atoms with Gasteiger partial charge in [-0.05, 0) is 66.4 Å². The average molecular weight is 445 g/mol. The Kier molecular flexibility index (Phi) is 5.49. The third-order valence-corrected chi connectivity index (χ3v) is 7.17. The Balaban J connectivity index is 1.31. The molecule has 0 spiro atoms. The van der Waals surface area contributed by atoms with Crippen molar-refractivity contribution in [1.82, 2.24) is 10.2 Å². The second-order valence-electron chi connectivity index (χ2n) is 8.02. The minimum absolute atomic E-state index is 0.236. The number of nitrogens with zero attached hydrogens (tertiary/aromatic N) is 3. The van der Waals surface area contributed by atoms with Gasteiger partial charge in [0.05, 0.1) is 10.6 Å². The molecular formula is C25H24N4O2S. The molecule has 1 saturated heterocycles. The number of benzene rings is 3. The van der Waals surface area contributed by atoms with Crippen LogP contribution < -0.4 is 9.62 Å². The standard InChI is InChI=1S/C25H24N4O2S/c30-32(31,23-13-10-19-6-2-3-7-21(19)18-23)28-22-11-8-20(9-12-22)24-14-15-25(27-26-24)29-16-4-1-5-17-29/h2-3,6-15,18,28H,1,4-5,16-17H2. The Morgan fingerprint density at radius 1 is 0.750 bits per heavy atom. The third kappa shape index (κ3) is 4.29. The summed E-state index contributed by atoms with van der Waals surface area (Å²) < 4.78 is 28.4. The lowest BCUT2D eigenvalue weighted by molar-refractivity contribution is 0.571. The van der Waals surface area contributed by atoms with E-state index in [2.05, 4.69) is 19.8 Å². The van der Waals surface area contributed by atoms with Crippen molar-refractivity contribution in [2.45, 2.75) is 24.2 Å². The zero-order valence-corrected chi connectivity index (χ0v) is 18.4. The van der Waals surface area contributed by atoms with Gasteiger partial charge in [0.25, 0.3) is 10.0 Å². The number of piperidine rings is 1. The molecule has 2 heterocycles. The second kappa shape index (κ2) is 8.59. The van der Waals surface area contributed by atoms with Gasteiger partial charge in [0.15, 0.2) is 5.82 Å². The van der Waals surface area contributed by atoms with Crippen molar-refractivity contribution in [2.24, 2.45) is 0 Å². The van der Waals surface area contributed by atoms with Gasteiger partial charge in [0.1, 0.15) is 0 Å². The highest BCUT2D eigenvalue weighted by atomic mass is 32.2. The quantitative estimate of drug-likeness (QED) is 0.464. The van der Waals surface area contributed by atoms with E-state index in [0.717, 1.165) is 40.9 Å². The molecule has 0 atom stereocenters. The molecule has 6 nitrogen and oxygen atoms in total. The van der Waals surface area contributed by atoms with Crippen molar-refractivity contribution in [3.8, 4) is 11.3 Å². The van der Waals surface area contributed by atoms with E-state index in [1.54, 1.807) is 24.3 Å². The summed E-state index contributed by atoms with van der Waals surface area (Å²) in [4.78, 5) is 2.50. The fourth-order valence-electron chi connectivity index (χ4n) is 4.03. The summed E-state index contributed by atoms with van der Waals surface area (Å²) in [6, 6.07) is 24.0. The van der Waals surface area contributed by atoms with Crippen molar-refractivity contribution in [1.29, 1.82) is 0 Å². The van der Waals surface area contributed by atoms with Gasteiger partial charge in [-0.2, -0.15) is 0 Å². The number of aromatic nitrogens is 2. The van der Waals surface area contributed by atoms with Gasteiger partial charge in [-0.1, -0.05) is 42.5 Å². The highest BCUT2D eigenvalue weighted by Gasteiger charge is 2.15. The predicted molar refractivity (Wildman–Crippen MR) is 128 cm³/mol. The normalized spacial score (nSPS) is 14.4. The minimum Gasteiger partial charge on any atom is -0.355 e. The van der Waals surface area contributed by atoms with E-state index in [-0.39, 0.29) is 4.90 Å². The predicted octanol–water partition coefficient (Wildman–Crippen LogP) is 5.09. The SMILES string of the molecule is O=S(=O)(Nc1ccc(-c2ccc(N3CCCCC3)nn2)cc1)c1ccc2ccccc2c1. The molecule has 3 aromatic carbocycles. The van der Waals surface area contributed by atoms with Crippen LogP contribution in [-0.4, -0.2) is 31.7 Å². The Labute approximate surface area is 188 Å². The van der Waals surface area contributed by atoms with Crippen LogP contribution in [-0.2, 0) is 10.0 Å². The van der Waals surface area contributed by atoms with Crippen LogP contribution in [0.25, 0.3) is 22.0 Å². The first-order valence-corrected chi connectivity index (χ1v) is 12.3. The van der Waals surface area contributed by atoms with Crippen LogP contribution in [0, 0.1) is 0 Å². The zero-order valence-electron chi connectivity index (χ0n) is 17.6. The maximum absolute atomic E-state index is 12.8. The number of anilines is 2. The molecule has 1 aliphatic heterocycles. The van der Waals surface area contributed by atoms with E-state index in [1.807, 2.05) is 54.6 Å². The number of nitrogens with one attached hydrogen (secondary N) is 1. The first-order chi connectivity index (χ1) is 15.6. The molecule has 1 fully saturated rings. The fourth-order valence-corrected chi connectivity index (χ4v) is 5.12. The molecule has 162 valence electrons. The molecule has 0 unspecified atom stereocenters. The molecule has 1 aliphatic rings. The lowest BCUT2D eigenvalue weighted by Gasteiger charge is -2.27. The maximum atomic E-state index is 12.8. The van der Waals surface area contributed by atoms with Gasteiger partial charge < -0.3 is 4.90 Å². The molecule has 0 amide bonds. The fraction of sp³-hybridized carbons (Fsp3) is 0.200. The van der Waals surface area contributed by atoms with E-state index in [1.165, 1.54) is 19.3 Å². The Morgan fingerprint density at radius 2 is 1.50 bits per heavy atom. The summed E-state index contributed by atoms with van der Waals surface area (Å²) in [6.45, 7) is 2.06. The van der Waals surface area contributed by atoms with E-state index in [9.17, 15) is 8.42 Å². The monoisotopic (exact) mass is 444 g/mol. The van der Waals surface area contributed by atoms with Crippen molar-refractivity contribution >= 4 is 32.3 Å². The summed E-state index contributed by atoms with van der Waals surface area (Å²) >= 11 is 0. The van der Waals surface area contributed by atoms with Gasteiger partial charge in [0.2, 0.25) is 0 Å². The largest absolute Gasteiger partial charge is 0.355 e. The molecule has 0 bridgehead atoms. The van der Waals surface area contributed by atoms with Gasteiger partial charge in [-0.15, -0.1) is 10.2 Å². The first-order valence-electron chi connectivity index (χ1n) is 10.8. The van der Waals surface area contributed by atoms with Crippen LogP contribution in [0.1, 0.15) is 19.3 Å². The van der Waals surface area contributed by atoms with Crippen molar-refractivity contribution in [3.05, 3.63) is 78.9 Å². The highest BCUT2D eigenvalue weighted by Crippen LogP contribution is 2.25. The van der Waals surface area contributed by atoms with E-state index < -0.39 is 10.0 Å². The Morgan fingerprint density at radius 3 is 2.22 bits per heavy atom. The summed E-state index contributed by atoms with van der Waals surface area (Å²) in [7, 11) is -3.68. The lowest BCUT2D eigenvalue weighted by Crippen LogP contribution is -2.30. The molecule has 5 rings (SSSR count). The molecule has 0 aliphatic carbocycles. The van der Waals surface area contributed by atoms with Crippen LogP contribution in [0.4, 0.5) is 11.5 Å². The highest BCUT2D eigenvalue weighted by molar-refractivity contribution is 7.92. The molecule has 1 aromatic heterocycles. The van der Waals surface area contributed by atoms with Crippen molar-refractivity contribution in [2.75, 3.05) is 22.7 Å². The van der Waals surface area contributed by atoms with Gasteiger partial charge in [-0.25, -0.2) is 8.42 Å². The van der Waals surface area contributed by atoms with E-state index in [0.29, 0.717) is 5.69 Å². The van der Waals surface area contributed by atoms with Crippen LogP contribution in [0.3, 0.4) is 0 Å². The van der Waals surface area contributed by atoms with Gasteiger partial charge in [0, 0.05) is 24.3 Å². The van der Waals surface area contributed by atoms with E-state index >= 15 is 0 Å². The number of sulfonamides is 1. The van der Waals surface area contributed by atoms with Crippen LogP contribution in [0.2, 0.25) is 0 Å². The topological polar surface area (TPSA) is 75.2 Å². The summed E-state index contributed by atoms with van der Waals surface area (Å²) in [5.74, 6) is 0.910. The van der Waals surface area contributed by atoms with Crippen LogP contribution >= 0.6 is 0 Å². The van der Waals surface area contributed by atoms with Crippen molar-refractivity contribution < 1.29 is 8.42 Å². The van der Waals surface area contributed by atoms with E-state index in [4.69, 9.17) is 0 Å². The number of fused-ring (bicyclic) bond motifs is 1. The Hall–Kier alpha value is -3.45. The summed E-state index contributed by atoms with van der Waals surface area (Å²) in [5, 5.41) is 10.7. The molecular weight excluding hydrogens is 420 g/mol. The lowest BCUT2D eigenvalue weighted by atomic mass is 10.1. The molecule has 7 heteroatoms. The van der Waals surface area contributed by atoms with Crippen LogP contribution in [0.15, 0.2) is 83.8 Å². The zero-order chi connectivity index (χ0) is 22.0. The van der Waals surface area contributed by atoms with Crippen LogP contribution in [0.5, 0.6) is 0 Å². The second-order valence-corrected chi connectivity index (χ2v) is 9.70. The number of rotatable bonds is 5. The minimum atomic E-state index is -3.68. The molecule has 0 radical (unpaired) electrons. The molecule has 4 aromatic rings. The smallest absolute Gasteiger partial charge is 0.261 e. The van der Waals surface area contributed by atoms with Gasteiger partial charge in [-0.3, -0.25) is 4.72 Å². The average Bonchev–Trinajstić information content (AvgIpc) is 2.85. The number of hydrogen-bond donors (Lipinski definition) is 1. The van der Waals surface area contributed by atoms with Gasteiger partial charge >= 0.3 is 0 Å². The molecule has 32 heavy (non-hydrogen) atoms. The molecule has 0 saturated carbocycles. The summed E-state index contributed by atoms with van der Waals surface area (Å²) in [6.07, 6.45) is 3.67. The maximum Gasteiger partial charge on any atom is 0.261 e.